The first kappa shape index (κ1) is 12.4. The first-order valence-electron chi connectivity index (χ1n) is 4.30. The van der Waals surface area contributed by atoms with Crippen molar-refractivity contribution in [2.75, 3.05) is 0 Å². The standard InChI is InChI=1S/C9H19NO3/c1-6(11)9(5,7(12)10-13)8(2,3)4/h6,11,13H,1-5H3,(H,10,12). The Morgan fingerprint density at radius 1 is 1.31 bits per heavy atom. The molecule has 0 aliphatic carbocycles. The summed E-state index contributed by atoms with van der Waals surface area (Å²) in [4.78, 5) is 11.4. The molecule has 0 bridgehead atoms. The fourth-order valence-electron chi connectivity index (χ4n) is 1.27. The number of carbonyl (C=O) groups is 1. The minimum Gasteiger partial charge on any atom is -0.392 e. The van der Waals surface area contributed by atoms with E-state index in [0.29, 0.717) is 0 Å². The van der Waals surface area contributed by atoms with Crippen LogP contribution in [0.4, 0.5) is 0 Å². The second-order valence-electron chi connectivity index (χ2n) is 4.57. The molecule has 0 radical (unpaired) electrons. The molecule has 0 saturated heterocycles. The zero-order valence-electron chi connectivity index (χ0n) is 8.88. The van der Waals surface area contributed by atoms with Crippen molar-refractivity contribution in [2.45, 2.75) is 40.7 Å². The number of amides is 1. The normalized spacial score (nSPS) is 19.0. The van der Waals surface area contributed by atoms with E-state index in [0.717, 1.165) is 0 Å². The summed E-state index contributed by atoms with van der Waals surface area (Å²) in [5.74, 6) is -0.560. The lowest BCUT2D eigenvalue weighted by molar-refractivity contribution is -0.154. The van der Waals surface area contributed by atoms with Crippen LogP contribution < -0.4 is 5.48 Å². The van der Waals surface area contributed by atoms with Gasteiger partial charge in [-0.25, -0.2) is 5.48 Å². The number of hydroxylamine groups is 1. The lowest BCUT2D eigenvalue weighted by atomic mass is 9.64. The molecule has 3 N–H and O–H groups in total. The maximum absolute atomic E-state index is 11.4. The van der Waals surface area contributed by atoms with Gasteiger partial charge in [-0.05, 0) is 19.3 Å². The summed E-state index contributed by atoms with van der Waals surface area (Å²) in [6.07, 6.45) is -0.820. The topological polar surface area (TPSA) is 69.6 Å². The number of aliphatic hydroxyl groups is 1. The highest BCUT2D eigenvalue weighted by Crippen LogP contribution is 2.41. The van der Waals surface area contributed by atoms with Gasteiger partial charge < -0.3 is 5.11 Å². The third-order valence-electron chi connectivity index (χ3n) is 2.97. The Balaban J connectivity index is 5.08. The van der Waals surface area contributed by atoms with Crippen molar-refractivity contribution in [3.63, 3.8) is 0 Å². The second kappa shape index (κ2) is 3.64. The number of aliphatic hydroxyl groups excluding tert-OH is 1. The fraction of sp³-hybridized carbons (Fsp3) is 0.889. The summed E-state index contributed by atoms with van der Waals surface area (Å²) in [5, 5.41) is 18.1. The van der Waals surface area contributed by atoms with Crippen LogP contribution in [0.5, 0.6) is 0 Å². The van der Waals surface area contributed by atoms with Gasteiger partial charge in [0.05, 0.1) is 11.5 Å². The molecule has 0 spiro atoms. The summed E-state index contributed by atoms with van der Waals surface area (Å²) in [6.45, 7) is 8.70. The third-order valence-corrected chi connectivity index (χ3v) is 2.97. The van der Waals surface area contributed by atoms with Crippen LogP contribution in [0.25, 0.3) is 0 Å². The van der Waals surface area contributed by atoms with Crippen LogP contribution in [0.3, 0.4) is 0 Å². The van der Waals surface area contributed by atoms with Gasteiger partial charge in [0.2, 0.25) is 0 Å². The smallest absolute Gasteiger partial charge is 0.252 e. The molecule has 13 heavy (non-hydrogen) atoms. The first-order chi connectivity index (χ1) is 5.67. The lowest BCUT2D eigenvalue weighted by Gasteiger charge is -2.41. The molecule has 2 unspecified atom stereocenters. The Morgan fingerprint density at radius 3 is 1.77 bits per heavy atom. The molecule has 0 rings (SSSR count). The highest BCUT2D eigenvalue weighted by molar-refractivity contribution is 5.82. The van der Waals surface area contributed by atoms with Crippen LogP contribution in [-0.4, -0.2) is 22.3 Å². The van der Waals surface area contributed by atoms with Gasteiger partial charge >= 0.3 is 0 Å². The summed E-state index contributed by atoms with van der Waals surface area (Å²) in [5.41, 5.74) is 0.174. The van der Waals surface area contributed by atoms with Crippen LogP contribution in [-0.2, 0) is 4.79 Å². The number of rotatable bonds is 2. The average Bonchev–Trinajstić information content (AvgIpc) is 1.98. The highest BCUT2D eigenvalue weighted by Gasteiger charge is 2.48. The number of carbonyl (C=O) groups excluding carboxylic acids is 1. The van der Waals surface area contributed by atoms with Gasteiger partial charge in [0.15, 0.2) is 0 Å². The molecule has 1 amide bonds. The van der Waals surface area contributed by atoms with E-state index in [9.17, 15) is 9.90 Å². The van der Waals surface area contributed by atoms with Crippen LogP contribution in [0, 0.1) is 10.8 Å². The number of nitrogens with one attached hydrogen (secondary N) is 1. The van der Waals surface area contributed by atoms with Gasteiger partial charge in [-0.3, -0.25) is 10.0 Å². The molecule has 0 heterocycles. The molecule has 2 atom stereocenters. The molecule has 0 aromatic heterocycles. The van der Waals surface area contributed by atoms with Gasteiger partial charge in [0.25, 0.3) is 5.91 Å². The van der Waals surface area contributed by atoms with E-state index < -0.39 is 22.8 Å². The molecule has 4 nitrogen and oxygen atoms in total. The Morgan fingerprint density at radius 2 is 1.69 bits per heavy atom. The van der Waals surface area contributed by atoms with Gasteiger partial charge in [-0.2, -0.15) is 0 Å². The molecule has 0 aromatic rings. The zero-order chi connectivity index (χ0) is 10.9. The van der Waals surface area contributed by atoms with Crippen molar-refractivity contribution in [3.05, 3.63) is 0 Å². The van der Waals surface area contributed by atoms with Crippen LogP contribution in [0.15, 0.2) is 0 Å². The third kappa shape index (κ3) is 2.00. The van der Waals surface area contributed by atoms with E-state index in [1.54, 1.807) is 19.3 Å². The van der Waals surface area contributed by atoms with E-state index >= 15 is 0 Å². The van der Waals surface area contributed by atoms with Gasteiger partial charge in [0, 0.05) is 0 Å². The van der Waals surface area contributed by atoms with Gasteiger partial charge in [-0.1, -0.05) is 20.8 Å². The van der Waals surface area contributed by atoms with Crippen molar-refractivity contribution in [3.8, 4) is 0 Å². The van der Waals surface area contributed by atoms with Crippen molar-refractivity contribution < 1.29 is 15.1 Å². The van der Waals surface area contributed by atoms with E-state index in [1.165, 1.54) is 0 Å². The largest absolute Gasteiger partial charge is 0.392 e. The van der Waals surface area contributed by atoms with E-state index in [1.807, 2.05) is 20.8 Å². The quantitative estimate of drug-likeness (QED) is 0.447. The summed E-state index contributed by atoms with van der Waals surface area (Å²) in [7, 11) is 0. The average molecular weight is 189 g/mol. The van der Waals surface area contributed by atoms with Crippen molar-refractivity contribution in [2.24, 2.45) is 10.8 Å². The SMILES string of the molecule is CC(O)C(C)(C(=O)NO)C(C)(C)C. The molecular formula is C9H19NO3. The van der Waals surface area contributed by atoms with Crippen LogP contribution in [0.2, 0.25) is 0 Å². The minimum absolute atomic E-state index is 0.423. The Hall–Kier alpha value is -0.610. The van der Waals surface area contributed by atoms with Crippen molar-refractivity contribution in [1.82, 2.24) is 5.48 Å². The Bertz CT molecular complexity index is 196. The molecule has 4 heteroatoms. The number of hydrogen-bond donors (Lipinski definition) is 3. The fourth-order valence-corrected chi connectivity index (χ4v) is 1.27. The minimum atomic E-state index is -0.998. The maximum Gasteiger partial charge on any atom is 0.252 e. The van der Waals surface area contributed by atoms with Crippen molar-refractivity contribution >= 4 is 5.91 Å². The molecule has 0 aromatic carbocycles. The monoisotopic (exact) mass is 189 g/mol. The number of hydrogen-bond acceptors (Lipinski definition) is 3. The predicted molar refractivity (Wildman–Crippen MR) is 49.2 cm³/mol. The van der Waals surface area contributed by atoms with E-state index in [2.05, 4.69) is 0 Å². The van der Waals surface area contributed by atoms with Crippen LogP contribution >= 0.6 is 0 Å². The molecule has 0 aliphatic rings. The molecule has 78 valence electrons. The Labute approximate surface area is 78.9 Å². The summed E-state index contributed by atoms with van der Waals surface area (Å²) >= 11 is 0. The predicted octanol–water partition coefficient (Wildman–Crippen LogP) is 0.925. The lowest BCUT2D eigenvalue weighted by Crippen LogP contribution is -2.52. The second-order valence-corrected chi connectivity index (χ2v) is 4.57. The van der Waals surface area contributed by atoms with Gasteiger partial charge in [-0.15, -0.1) is 0 Å². The Kier molecular flexibility index (Phi) is 3.47. The van der Waals surface area contributed by atoms with Crippen LogP contribution in [0.1, 0.15) is 34.6 Å². The maximum atomic E-state index is 11.4. The van der Waals surface area contributed by atoms with E-state index in [-0.39, 0.29) is 0 Å². The summed E-state index contributed by atoms with van der Waals surface area (Å²) in [6, 6.07) is 0. The summed E-state index contributed by atoms with van der Waals surface area (Å²) < 4.78 is 0. The first-order valence-corrected chi connectivity index (χ1v) is 4.30. The molecule has 0 aliphatic heterocycles. The van der Waals surface area contributed by atoms with Crippen molar-refractivity contribution in [1.29, 1.82) is 0 Å². The molecule has 0 fully saturated rings. The highest BCUT2D eigenvalue weighted by atomic mass is 16.5. The van der Waals surface area contributed by atoms with Gasteiger partial charge in [0.1, 0.15) is 0 Å². The van der Waals surface area contributed by atoms with E-state index in [4.69, 9.17) is 5.21 Å². The zero-order valence-corrected chi connectivity index (χ0v) is 8.88. The molecular weight excluding hydrogens is 170 g/mol. The molecule has 0 saturated carbocycles.